The smallest absolute Gasteiger partial charge is 0.307 e. The monoisotopic (exact) mass is 382 g/mol. The molecule has 0 aromatic heterocycles. The minimum absolute atomic E-state index is 0.0407. The van der Waals surface area contributed by atoms with Gasteiger partial charge >= 0.3 is 7.60 Å². The molecule has 0 aliphatic rings. The predicted octanol–water partition coefficient (Wildman–Crippen LogP) is 3.12. The number of aryl methyl sites for hydroxylation is 1. The van der Waals surface area contributed by atoms with Gasteiger partial charge in [-0.3, -0.25) is 4.57 Å². The van der Waals surface area contributed by atoms with Gasteiger partial charge in [0.1, 0.15) is 0 Å². The molecule has 0 radical (unpaired) electrons. The summed E-state index contributed by atoms with van der Waals surface area (Å²) in [6, 6.07) is 14.7. The number of nitrogens with zero attached hydrogens (tertiary/aromatic N) is 1. The summed E-state index contributed by atoms with van der Waals surface area (Å²) >= 11 is 0. The summed E-state index contributed by atoms with van der Waals surface area (Å²) < 4.78 is 47.4. The quantitative estimate of drug-likeness (QED) is 0.451. The van der Waals surface area contributed by atoms with Crippen molar-refractivity contribution in [3.63, 3.8) is 0 Å². The maximum atomic E-state index is 12.7. The lowest BCUT2D eigenvalue weighted by molar-refractivity contribution is 0.290. The second-order valence-corrected chi connectivity index (χ2v) is 8.88. The van der Waals surface area contributed by atoms with Crippen LogP contribution >= 0.6 is 7.60 Å². The SMILES string of the molecule is COP(=O)(OC)/C(=N\NS(=O)(=O)c1ccc(C)cc1)c1ccccc1. The predicted molar refractivity (Wildman–Crippen MR) is 96.1 cm³/mol. The van der Waals surface area contributed by atoms with Crippen LogP contribution in [0.5, 0.6) is 0 Å². The van der Waals surface area contributed by atoms with Gasteiger partial charge in [0.05, 0.1) is 4.90 Å². The number of hydrogen-bond donors (Lipinski definition) is 1. The highest BCUT2D eigenvalue weighted by Gasteiger charge is 2.32. The first-order chi connectivity index (χ1) is 11.8. The molecular weight excluding hydrogens is 363 g/mol. The number of rotatable bonds is 7. The van der Waals surface area contributed by atoms with E-state index in [1.807, 2.05) is 6.92 Å². The molecule has 134 valence electrons. The normalized spacial score (nSPS) is 12.8. The highest BCUT2D eigenvalue weighted by atomic mass is 32.2. The molecule has 2 rings (SSSR count). The summed E-state index contributed by atoms with van der Waals surface area (Å²) in [4.78, 5) is 2.14. The molecule has 2 aromatic carbocycles. The Morgan fingerprint density at radius 2 is 1.56 bits per heavy atom. The molecule has 7 nitrogen and oxygen atoms in total. The van der Waals surface area contributed by atoms with Crippen molar-refractivity contribution in [1.82, 2.24) is 4.83 Å². The molecule has 0 heterocycles. The maximum absolute atomic E-state index is 12.7. The second-order valence-electron chi connectivity index (χ2n) is 5.07. The van der Waals surface area contributed by atoms with Crippen molar-refractivity contribution in [3.8, 4) is 0 Å². The van der Waals surface area contributed by atoms with Crippen molar-refractivity contribution in [2.45, 2.75) is 11.8 Å². The first kappa shape index (κ1) is 19.3. The molecule has 0 aliphatic heterocycles. The van der Waals surface area contributed by atoms with Gasteiger partial charge in [0, 0.05) is 19.8 Å². The third-order valence-corrected chi connectivity index (χ3v) is 6.44. The number of hydrogen-bond acceptors (Lipinski definition) is 6. The van der Waals surface area contributed by atoms with Crippen LogP contribution < -0.4 is 4.83 Å². The summed E-state index contributed by atoms with van der Waals surface area (Å²) in [5.41, 5.74) is 1.21. The highest BCUT2D eigenvalue weighted by Crippen LogP contribution is 2.50. The van der Waals surface area contributed by atoms with E-state index < -0.39 is 17.6 Å². The molecule has 25 heavy (non-hydrogen) atoms. The van der Waals surface area contributed by atoms with Crippen LogP contribution in [0, 0.1) is 6.92 Å². The Bertz CT molecular complexity index is 888. The fourth-order valence-corrected chi connectivity index (χ4v) is 4.00. The van der Waals surface area contributed by atoms with Crippen LogP contribution in [0.15, 0.2) is 64.6 Å². The fourth-order valence-electron chi connectivity index (χ4n) is 1.99. The zero-order valence-electron chi connectivity index (χ0n) is 14.0. The molecule has 0 atom stereocenters. The molecule has 0 unspecified atom stereocenters. The molecule has 0 aliphatic carbocycles. The molecule has 0 bridgehead atoms. The van der Waals surface area contributed by atoms with E-state index in [0.717, 1.165) is 5.56 Å². The summed E-state index contributed by atoms with van der Waals surface area (Å²) in [7, 11) is -5.29. The third kappa shape index (κ3) is 4.55. The summed E-state index contributed by atoms with van der Waals surface area (Å²) in [5, 5.41) is 3.84. The minimum atomic E-state index is -3.93. The van der Waals surface area contributed by atoms with Gasteiger partial charge in [-0.1, -0.05) is 48.0 Å². The van der Waals surface area contributed by atoms with Gasteiger partial charge in [0.2, 0.25) is 0 Å². The first-order valence-corrected chi connectivity index (χ1v) is 10.3. The summed E-state index contributed by atoms with van der Waals surface area (Å²) in [6.07, 6.45) is 0. The lowest BCUT2D eigenvalue weighted by atomic mass is 10.2. The second kappa shape index (κ2) is 7.93. The van der Waals surface area contributed by atoms with E-state index in [0.29, 0.717) is 5.56 Å². The largest absolute Gasteiger partial charge is 0.381 e. The number of hydrazone groups is 1. The van der Waals surface area contributed by atoms with Gasteiger partial charge in [-0.25, -0.2) is 0 Å². The van der Waals surface area contributed by atoms with Crippen molar-refractivity contribution in [2.24, 2.45) is 5.10 Å². The molecule has 9 heteroatoms. The van der Waals surface area contributed by atoms with Crippen molar-refractivity contribution in [3.05, 3.63) is 65.7 Å². The van der Waals surface area contributed by atoms with Crippen LogP contribution in [-0.2, 0) is 23.6 Å². The van der Waals surface area contributed by atoms with E-state index in [1.54, 1.807) is 42.5 Å². The molecule has 1 N–H and O–H groups in total. The fraction of sp³-hybridized carbons (Fsp3) is 0.188. The van der Waals surface area contributed by atoms with Crippen molar-refractivity contribution < 1.29 is 22.0 Å². The number of sulfonamides is 1. The van der Waals surface area contributed by atoms with E-state index in [-0.39, 0.29) is 10.3 Å². The maximum Gasteiger partial charge on any atom is 0.381 e. The average Bonchev–Trinajstić information content (AvgIpc) is 2.62. The third-order valence-electron chi connectivity index (χ3n) is 3.38. The van der Waals surface area contributed by atoms with Crippen LogP contribution in [0.1, 0.15) is 11.1 Å². The van der Waals surface area contributed by atoms with Crippen LogP contribution in [0.2, 0.25) is 0 Å². The highest BCUT2D eigenvalue weighted by molar-refractivity contribution is 7.89. The Morgan fingerprint density at radius 1 is 1.00 bits per heavy atom. The van der Waals surface area contributed by atoms with E-state index in [1.165, 1.54) is 26.4 Å². The van der Waals surface area contributed by atoms with Crippen molar-refractivity contribution in [2.75, 3.05) is 14.2 Å². The topological polar surface area (TPSA) is 94.1 Å². The lowest BCUT2D eigenvalue weighted by Crippen LogP contribution is -2.21. The molecule has 0 saturated carbocycles. The minimum Gasteiger partial charge on any atom is -0.307 e. The summed E-state index contributed by atoms with van der Waals surface area (Å²) in [6.45, 7) is 1.85. The Balaban J connectivity index is 2.44. The van der Waals surface area contributed by atoms with Gasteiger partial charge in [-0.15, -0.1) is 0 Å². The Hall–Kier alpha value is -1.99. The van der Waals surface area contributed by atoms with Gasteiger partial charge in [0.25, 0.3) is 10.0 Å². The van der Waals surface area contributed by atoms with E-state index in [2.05, 4.69) is 9.93 Å². The lowest BCUT2D eigenvalue weighted by Gasteiger charge is -2.16. The van der Waals surface area contributed by atoms with Gasteiger partial charge in [-0.05, 0) is 19.1 Å². The average molecular weight is 382 g/mol. The van der Waals surface area contributed by atoms with Crippen molar-refractivity contribution >= 4 is 23.1 Å². The zero-order chi connectivity index (χ0) is 18.5. The Morgan fingerprint density at radius 3 is 2.08 bits per heavy atom. The van der Waals surface area contributed by atoms with Crippen LogP contribution in [-0.4, -0.2) is 28.1 Å². The number of nitrogens with one attached hydrogen (secondary N) is 1. The first-order valence-electron chi connectivity index (χ1n) is 7.26. The van der Waals surface area contributed by atoms with Crippen molar-refractivity contribution in [1.29, 1.82) is 0 Å². The van der Waals surface area contributed by atoms with Crippen LogP contribution in [0.4, 0.5) is 0 Å². The van der Waals surface area contributed by atoms with E-state index >= 15 is 0 Å². The van der Waals surface area contributed by atoms with Crippen LogP contribution in [0.25, 0.3) is 0 Å². The molecule has 2 aromatic rings. The van der Waals surface area contributed by atoms with E-state index in [9.17, 15) is 13.0 Å². The Kier molecular flexibility index (Phi) is 6.13. The van der Waals surface area contributed by atoms with Gasteiger partial charge < -0.3 is 9.05 Å². The number of benzene rings is 2. The van der Waals surface area contributed by atoms with Gasteiger partial charge in [0.15, 0.2) is 5.45 Å². The molecule has 0 amide bonds. The molecule has 0 fully saturated rings. The zero-order valence-corrected chi connectivity index (χ0v) is 15.8. The molecule has 0 saturated heterocycles. The summed E-state index contributed by atoms with van der Waals surface area (Å²) in [5.74, 6) is 0. The van der Waals surface area contributed by atoms with Crippen LogP contribution in [0.3, 0.4) is 0 Å². The Labute approximate surface area is 147 Å². The molecular formula is C16H19N2O5PS. The molecule has 0 spiro atoms. The standard InChI is InChI=1S/C16H19N2O5PS/c1-13-9-11-15(12-10-13)25(20,21)18-17-16(24(19,22-2)23-3)14-7-5-4-6-8-14/h4-12,18H,1-3H3/b17-16-. The van der Waals surface area contributed by atoms with Gasteiger partial charge in [-0.2, -0.15) is 18.4 Å². The van der Waals surface area contributed by atoms with E-state index in [4.69, 9.17) is 9.05 Å².